The lowest BCUT2D eigenvalue weighted by molar-refractivity contribution is -0.137. The van der Waals surface area contributed by atoms with Crippen LogP contribution < -0.4 is 5.32 Å². The fraction of sp³-hybridized carbons (Fsp3) is 0.400. The van der Waals surface area contributed by atoms with Crippen LogP contribution in [0.3, 0.4) is 0 Å². The summed E-state index contributed by atoms with van der Waals surface area (Å²) in [6, 6.07) is 3.66. The van der Waals surface area contributed by atoms with Crippen molar-refractivity contribution in [3.63, 3.8) is 0 Å². The van der Waals surface area contributed by atoms with Gasteiger partial charge < -0.3 is 5.32 Å². The highest BCUT2D eigenvalue weighted by molar-refractivity contribution is 7.89. The molecule has 27 heavy (non-hydrogen) atoms. The number of anilines is 1. The number of hydrogen-bond donors (Lipinski definition) is 1. The van der Waals surface area contributed by atoms with Crippen molar-refractivity contribution in [1.29, 1.82) is 0 Å². The molecule has 0 saturated carbocycles. The molecule has 1 amide bonds. The minimum absolute atomic E-state index is 0.0484. The molecule has 1 saturated heterocycles. The molecule has 0 radical (unpaired) electrons. The van der Waals surface area contributed by atoms with E-state index in [9.17, 15) is 26.4 Å². The number of benzene rings is 1. The molecule has 2 heterocycles. The van der Waals surface area contributed by atoms with Crippen LogP contribution >= 0.6 is 11.3 Å². The summed E-state index contributed by atoms with van der Waals surface area (Å²) < 4.78 is 64.9. The van der Waals surface area contributed by atoms with E-state index in [0.717, 1.165) is 22.5 Å². The fourth-order valence-electron chi connectivity index (χ4n) is 2.78. The van der Waals surface area contributed by atoms with E-state index >= 15 is 0 Å². The molecule has 12 heteroatoms. The van der Waals surface area contributed by atoms with Crippen LogP contribution in [0.2, 0.25) is 0 Å². The highest BCUT2D eigenvalue weighted by Gasteiger charge is 2.35. The molecule has 2 aromatic rings. The normalized spacial score (nSPS) is 17.0. The van der Waals surface area contributed by atoms with Crippen molar-refractivity contribution in [2.75, 3.05) is 18.4 Å². The largest absolute Gasteiger partial charge is 0.416 e. The summed E-state index contributed by atoms with van der Waals surface area (Å²) in [6.07, 6.45) is -4.09. The summed E-state index contributed by atoms with van der Waals surface area (Å²) in [5.41, 5.74) is 0.453. The zero-order valence-corrected chi connectivity index (χ0v) is 15.4. The molecule has 0 atom stereocenters. The van der Waals surface area contributed by atoms with E-state index in [2.05, 4.69) is 15.5 Å². The van der Waals surface area contributed by atoms with Crippen molar-refractivity contribution in [3.05, 3.63) is 35.3 Å². The number of hydrogen-bond acceptors (Lipinski definition) is 6. The van der Waals surface area contributed by atoms with Gasteiger partial charge in [-0.15, -0.1) is 10.2 Å². The average molecular weight is 420 g/mol. The molecular formula is C15H15F3N4O3S2. The third kappa shape index (κ3) is 4.45. The Kier molecular flexibility index (Phi) is 5.49. The van der Waals surface area contributed by atoms with Gasteiger partial charge in [-0.3, -0.25) is 4.79 Å². The van der Waals surface area contributed by atoms with E-state index in [-0.39, 0.29) is 31.8 Å². The fourth-order valence-corrected chi connectivity index (χ4v) is 4.74. The van der Waals surface area contributed by atoms with Gasteiger partial charge in [-0.05, 0) is 31.0 Å². The second-order valence-electron chi connectivity index (χ2n) is 5.94. The smallest absolute Gasteiger partial charge is 0.300 e. The van der Waals surface area contributed by atoms with Crippen LogP contribution in [-0.4, -0.2) is 41.9 Å². The molecular weight excluding hydrogens is 405 g/mol. The van der Waals surface area contributed by atoms with Crippen molar-refractivity contribution in [2.45, 2.75) is 23.9 Å². The van der Waals surface area contributed by atoms with Crippen LogP contribution in [-0.2, 0) is 21.0 Å². The summed E-state index contributed by atoms with van der Waals surface area (Å²) >= 11 is 1.17. The van der Waals surface area contributed by atoms with E-state index < -0.39 is 32.6 Å². The van der Waals surface area contributed by atoms with E-state index in [1.165, 1.54) is 16.8 Å². The molecule has 0 aliphatic carbocycles. The van der Waals surface area contributed by atoms with Crippen molar-refractivity contribution >= 4 is 32.4 Å². The van der Waals surface area contributed by atoms with E-state index in [4.69, 9.17) is 0 Å². The van der Waals surface area contributed by atoms with Gasteiger partial charge in [0.1, 0.15) is 5.51 Å². The molecule has 1 aromatic carbocycles. The minimum atomic E-state index is -4.62. The Hall–Kier alpha value is -2.05. The number of nitrogens with zero attached hydrogens (tertiary/aromatic N) is 3. The number of rotatable bonds is 4. The van der Waals surface area contributed by atoms with Gasteiger partial charge in [0.05, 0.1) is 10.5 Å². The lowest BCUT2D eigenvalue weighted by atomic mass is 9.97. The average Bonchev–Trinajstić information content (AvgIpc) is 3.14. The summed E-state index contributed by atoms with van der Waals surface area (Å²) in [4.78, 5) is 11.8. The standard InChI is InChI=1S/C15H15F3N4O3S2/c16-15(17,18)11-2-1-3-12(8-11)27(24,25)22-6-4-10(5-7-22)13(23)20-14-21-19-9-26-14/h1-3,8-10H,4-7H2,(H,20,21,23). The second-order valence-corrected chi connectivity index (χ2v) is 8.71. The number of carbonyl (C=O) groups is 1. The van der Waals surface area contributed by atoms with Gasteiger partial charge in [-0.2, -0.15) is 17.5 Å². The molecule has 1 aliphatic heterocycles. The predicted octanol–water partition coefficient (Wildman–Crippen LogP) is 2.60. The first-order valence-corrected chi connectivity index (χ1v) is 10.2. The molecule has 0 unspecified atom stereocenters. The molecule has 1 fully saturated rings. The topological polar surface area (TPSA) is 92.3 Å². The zero-order valence-electron chi connectivity index (χ0n) is 13.8. The SMILES string of the molecule is O=C(Nc1nncs1)C1CCN(S(=O)(=O)c2cccc(C(F)(F)F)c2)CC1. The molecule has 0 spiro atoms. The number of sulfonamides is 1. The summed E-state index contributed by atoms with van der Waals surface area (Å²) in [5.74, 6) is -0.676. The van der Waals surface area contributed by atoms with E-state index in [1.807, 2.05) is 0 Å². The number of aromatic nitrogens is 2. The van der Waals surface area contributed by atoms with Gasteiger partial charge in [-0.25, -0.2) is 8.42 Å². The Morgan fingerprint density at radius 1 is 1.26 bits per heavy atom. The molecule has 1 aromatic heterocycles. The number of amides is 1. The molecule has 1 aliphatic rings. The van der Waals surface area contributed by atoms with E-state index in [1.54, 1.807) is 0 Å². The van der Waals surface area contributed by atoms with Crippen LogP contribution in [0.25, 0.3) is 0 Å². The Balaban J connectivity index is 1.67. The van der Waals surface area contributed by atoms with Gasteiger partial charge in [0.2, 0.25) is 21.1 Å². The molecule has 146 valence electrons. The maximum absolute atomic E-state index is 12.8. The molecule has 7 nitrogen and oxygen atoms in total. The summed E-state index contributed by atoms with van der Waals surface area (Å²) in [6.45, 7) is 0.0968. The maximum Gasteiger partial charge on any atom is 0.416 e. The Morgan fingerprint density at radius 2 is 1.96 bits per heavy atom. The van der Waals surface area contributed by atoms with Crippen molar-refractivity contribution in [1.82, 2.24) is 14.5 Å². The first kappa shape index (κ1) is 19.7. The van der Waals surface area contributed by atoms with Crippen LogP contribution in [0.1, 0.15) is 18.4 Å². The lowest BCUT2D eigenvalue weighted by Gasteiger charge is -2.30. The number of carbonyl (C=O) groups excluding carboxylic acids is 1. The van der Waals surface area contributed by atoms with Crippen LogP contribution in [0.4, 0.5) is 18.3 Å². The number of alkyl halides is 3. The lowest BCUT2D eigenvalue weighted by Crippen LogP contribution is -2.41. The number of halogens is 3. The maximum atomic E-state index is 12.8. The van der Waals surface area contributed by atoms with Gasteiger partial charge in [0, 0.05) is 19.0 Å². The Labute approximate surface area is 157 Å². The third-order valence-corrected chi connectivity index (χ3v) is 6.72. The molecule has 1 N–H and O–H groups in total. The van der Waals surface area contributed by atoms with Gasteiger partial charge in [0.25, 0.3) is 0 Å². The highest BCUT2D eigenvalue weighted by atomic mass is 32.2. The summed E-state index contributed by atoms with van der Waals surface area (Å²) in [7, 11) is -4.06. The summed E-state index contributed by atoms with van der Waals surface area (Å²) in [5, 5.41) is 10.3. The minimum Gasteiger partial charge on any atom is -0.300 e. The zero-order chi connectivity index (χ0) is 19.7. The molecule has 0 bridgehead atoms. The first-order valence-electron chi connectivity index (χ1n) is 7.92. The van der Waals surface area contributed by atoms with E-state index in [0.29, 0.717) is 11.2 Å². The van der Waals surface area contributed by atoms with Crippen LogP contribution in [0.15, 0.2) is 34.7 Å². The monoisotopic (exact) mass is 420 g/mol. The first-order chi connectivity index (χ1) is 12.7. The number of nitrogens with one attached hydrogen (secondary N) is 1. The third-order valence-electron chi connectivity index (χ3n) is 4.21. The number of piperidine rings is 1. The van der Waals surface area contributed by atoms with Crippen molar-refractivity contribution in [3.8, 4) is 0 Å². The Bertz CT molecular complexity index is 909. The second kappa shape index (κ2) is 7.52. The van der Waals surface area contributed by atoms with Gasteiger partial charge >= 0.3 is 6.18 Å². The van der Waals surface area contributed by atoms with Crippen molar-refractivity contribution in [2.24, 2.45) is 5.92 Å². The highest BCUT2D eigenvalue weighted by Crippen LogP contribution is 2.32. The van der Waals surface area contributed by atoms with Crippen LogP contribution in [0, 0.1) is 5.92 Å². The Morgan fingerprint density at radius 3 is 2.56 bits per heavy atom. The predicted molar refractivity (Wildman–Crippen MR) is 91.5 cm³/mol. The van der Waals surface area contributed by atoms with Crippen molar-refractivity contribution < 1.29 is 26.4 Å². The quantitative estimate of drug-likeness (QED) is 0.821. The molecule has 3 rings (SSSR count). The van der Waals surface area contributed by atoms with Gasteiger partial charge in [-0.1, -0.05) is 17.4 Å². The van der Waals surface area contributed by atoms with Gasteiger partial charge in [0.15, 0.2) is 0 Å². The van der Waals surface area contributed by atoms with Crippen LogP contribution in [0.5, 0.6) is 0 Å².